The first-order chi connectivity index (χ1) is 5.11. The summed E-state index contributed by atoms with van der Waals surface area (Å²) in [5, 5.41) is 0. The molecule has 2 rings (SSSR count). The highest BCUT2D eigenvalue weighted by atomic mass is 19.3. The Bertz CT molecular complexity index is 172. The molecule has 64 valence electrons. The van der Waals surface area contributed by atoms with Crippen LogP contribution in [-0.4, -0.2) is 31.3 Å². The van der Waals surface area contributed by atoms with E-state index in [1.807, 2.05) is 6.92 Å². The number of halogens is 2. The van der Waals surface area contributed by atoms with E-state index in [0.29, 0.717) is 6.61 Å². The average molecular weight is 164 g/mol. The largest absolute Gasteiger partial charge is 0.369 e. The molecule has 0 aromatic rings. The molecule has 0 saturated carbocycles. The number of rotatable bonds is 0. The van der Waals surface area contributed by atoms with E-state index in [-0.39, 0.29) is 12.0 Å². The minimum atomic E-state index is -2.77. The number of alkyl halides is 2. The fourth-order valence-corrected chi connectivity index (χ4v) is 1.65. The molecular weight excluding hydrogens is 154 g/mol. The summed E-state index contributed by atoms with van der Waals surface area (Å²) in [7, 11) is 0. The molecule has 11 heavy (non-hydrogen) atoms. The summed E-state index contributed by atoms with van der Waals surface area (Å²) in [4.78, 5) is 0. The van der Waals surface area contributed by atoms with Crippen LogP contribution in [-0.2, 0) is 9.47 Å². The van der Waals surface area contributed by atoms with E-state index >= 15 is 0 Å². The maximum atomic E-state index is 12.8. The van der Waals surface area contributed by atoms with Gasteiger partial charge < -0.3 is 9.47 Å². The van der Waals surface area contributed by atoms with Gasteiger partial charge in [0.1, 0.15) is 12.7 Å². The third-order valence-corrected chi connectivity index (χ3v) is 2.28. The molecule has 3 atom stereocenters. The molecule has 2 nitrogen and oxygen atoms in total. The third kappa shape index (κ3) is 0.964. The minimum absolute atomic E-state index is 0.105. The van der Waals surface area contributed by atoms with E-state index < -0.39 is 18.6 Å². The summed E-state index contributed by atoms with van der Waals surface area (Å²) in [6.07, 6.45) is -1.37. The SMILES string of the molecule is C[C@@H]1COC2[C@H]1OCC2(F)F. The van der Waals surface area contributed by atoms with Crippen LogP contribution in [0.5, 0.6) is 0 Å². The van der Waals surface area contributed by atoms with Crippen molar-refractivity contribution in [2.24, 2.45) is 5.92 Å². The lowest BCUT2D eigenvalue weighted by Gasteiger charge is -2.13. The van der Waals surface area contributed by atoms with Crippen LogP contribution in [0.1, 0.15) is 6.92 Å². The van der Waals surface area contributed by atoms with Crippen molar-refractivity contribution in [2.75, 3.05) is 13.2 Å². The van der Waals surface area contributed by atoms with Crippen LogP contribution in [0.25, 0.3) is 0 Å². The molecule has 0 N–H and O–H groups in total. The molecular formula is C7H10F2O2. The van der Waals surface area contributed by atoms with Gasteiger partial charge in [0.25, 0.3) is 5.92 Å². The molecule has 2 aliphatic heterocycles. The first kappa shape index (κ1) is 7.43. The summed E-state index contributed by atoms with van der Waals surface area (Å²) in [5.41, 5.74) is 0. The second-order valence-electron chi connectivity index (χ2n) is 3.27. The van der Waals surface area contributed by atoms with Gasteiger partial charge in [-0.1, -0.05) is 6.92 Å². The predicted octanol–water partition coefficient (Wildman–Crippen LogP) is 1.06. The zero-order valence-corrected chi connectivity index (χ0v) is 6.22. The van der Waals surface area contributed by atoms with Crippen molar-refractivity contribution in [1.82, 2.24) is 0 Å². The number of fused-ring (bicyclic) bond motifs is 1. The highest BCUT2D eigenvalue weighted by molar-refractivity contribution is 4.97. The highest BCUT2D eigenvalue weighted by Crippen LogP contribution is 2.39. The molecule has 2 aliphatic rings. The Labute approximate surface area is 63.5 Å². The number of hydrogen-bond acceptors (Lipinski definition) is 2. The lowest BCUT2D eigenvalue weighted by atomic mass is 10.0. The van der Waals surface area contributed by atoms with Gasteiger partial charge in [-0.3, -0.25) is 0 Å². The van der Waals surface area contributed by atoms with Crippen LogP contribution in [0.15, 0.2) is 0 Å². The van der Waals surface area contributed by atoms with Gasteiger partial charge in [-0.05, 0) is 0 Å². The van der Waals surface area contributed by atoms with Crippen LogP contribution in [0.3, 0.4) is 0 Å². The molecule has 0 bridgehead atoms. The topological polar surface area (TPSA) is 18.5 Å². The van der Waals surface area contributed by atoms with Gasteiger partial charge in [0.2, 0.25) is 0 Å². The van der Waals surface area contributed by atoms with E-state index in [1.54, 1.807) is 0 Å². The number of hydrogen-bond donors (Lipinski definition) is 0. The minimum Gasteiger partial charge on any atom is -0.369 e. The normalized spacial score (nSPS) is 47.7. The third-order valence-electron chi connectivity index (χ3n) is 2.28. The van der Waals surface area contributed by atoms with Crippen molar-refractivity contribution in [3.05, 3.63) is 0 Å². The maximum Gasteiger partial charge on any atom is 0.299 e. The first-order valence-corrected chi connectivity index (χ1v) is 3.72. The Morgan fingerprint density at radius 1 is 1.36 bits per heavy atom. The van der Waals surface area contributed by atoms with E-state index in [0.717, 1.165) is 0 Å². The van der Waals surface area contributed by atoms with Gasteiger partial charge in [0.05, 0.1) is 12.7 Å². The fourth-order valence-electron chi connectivity index (χ4n) is 1.65. The quantitative estimate of drug-likeness (QED) is 0.533. The van der Waals surface area contributed by atoms with Crippen LogP contribution < -0.4 is 0 Å². The lowest BCUT2D eigenvalue weighted by Crippen LogP contribution is -2.34. The molecule has 0 radical (unpaired) electrons. The van der Waals surface area contributed by atoms with E-state index in [1.165, 1.54) is 0 Å². The molecule has 0 aliphatic carbocycles. The molecule has 0 aromatic heterocycles. The first-order valence-electron chi connectivity index (χ1n) is 3.72. The van der Waals surface area contributed by atoms with Crippen LogP contribution in [0.2, 0.25) is 0 Å². The van der Waals surface area contributed by atoms with Crippen molar-refractivity contribution in [1.29, 1.82) is 0 Å². The highest BCUT2D eigenvalue weighted by Gasteiger charge is 2.57. The smallest absolute Gasteiger partial charge is 0.299 e. The summed E-state index contributed by atoms with van der Waals surface area (Å²) in [6.45, 7) is 1.78. The second-order valence-corrected chi connectivity index (χ2v) is 3.27. The molecule has 2 saturated heterocycles. The van der Waals surface area contributed by atoms with Gasteiger partial charge >= 0.3 is 0 Å². The number of ether oxygens (including phenoxy) is 2. The predicted molar refractivity (Wildman–Crippen MR) is 33.6 cm³/mol. The average Bonchev–Trinajstić information content (AvgIpc) is 2.39. The zero-order chi connectivity index (χ0) is 8.06. The van der Waals surface area contributed by atoms with Crippen molar-refractivity contribution in [2.45, 2.75) is 25.1 Å². The Kier molecular flexibility index (Phi) is 1.44. The van der Waals surface area contributed by atoms with Crippen LogP contribution in [0.4, 0.5) is 8.78 Å². The molecule has 0 amide bonds. The van der Waals surface area contributed by atoms with Gasteiger partial charge in [-0.2, -0.15) is 0 Å². The van der Waals surface area contributed by atoms with Crippen LogP contribution >= 0.6 is 0 Å². The van der Waals surface area contributed by atoms with Crippen molar-refractivity contribution in [3.63, 3.8) is 0 Å². The van der Waals surface area contributed by atoms with Gasteiger partial charge in [0, 0.05) is 5.92 Å². The van der Waals surface area contributed by atoms with Gasteiger partial charge in [-0.25, -0.2) is 8.78 Å². The fraction of sp³-hybridized carbons (Fsp3) is 1.00. The monoisotopic (exact) mass is 164 g/mol. The Morgan fingerprint density at radius 2 is 2.09 bits per heavy atom. The van der Waals surface area contributed by atoms with E-state index in [4.69, 9.17) is 9.47 Å². The summed E-state index contributed by atoms with van der Waals surface area (Å²) in [5.74, 6) is -2.66. The second kappa shape index (κ2) is 2.14. The van der Waals surface area contributed by atoms with E-state index in [2.05, 4.69) is 0 Å². The lowest BCUT2D eigenvalue weighted by molar-refractivity contribution is -0.0953. The zero-order valence-electron chi connectivity index (χ0n) is 6.22. The van der Waals surface area contributed by atoms with Gasteiger partial charge in [0.15, 0.2) is 0 Å². The molecule has 4 heteroatoms. The molecule has 2 fully saturated rings. The van der Waals surface area contributed by atoms with Crippen molar-refractivity contribution < 1.29 is 18.3 Å². The van der Waals surface area contributed by atoms with Crippen LogP contribution in [0, 0.1) is 5.92 Å². The Morgan fingerprint density at radius 3 is 2.73 bits per heavy atom. The summed E-state index contributed by atoms with van der Waals surface area (Å²) in [6, 6.07) is 0. The van der Waals surface area contributed by atoms with Crippen molar-refractivity contribution in [3.8, 4) is 0 Å². The Balaban J connectivity index is 2.17. The maximum absolute atomic E-state index is 12.8. The summed E-state index contributed by atoms with van der Waals surface area (Å²) < 4.78 is 35.5. The van der Waals surface area contributed by atoms with E-state index in [9.17, 15) is 8.78 Å². The standard InChI is InChI=1S/C7H10F2O2/c1-4-2-10-6-5(4)11-3-7(6,8)9/h4-6H,2-3H2,1H3/t4-,5+,6?/m1/s1. The van der Waals surface area contributed by atoms with Crippen molar-refractivity contribution >= 4 is 0 Å². The Hall–Kier alpha value is -0.220. The van der Waals surface area contributed by atoms with Gasteiger partial charge in [-0.15, -0.1) is 0 Å². The molecule has 0 aromatic carbocycles. The molecule has 1 unspecified atom stereocenters. The molecule has 2 heterocycles. The molecule has 0 spiro atoms. The summed E-state index contributed by atoms with van der Waals surface area (Å²) >= 11 is 0.